The Labute approximate surface area is 89.6 Å². The van der Waals surface area contributed by atoms with Crippen molar-refractivity contribution in [1.29, 1.82) is 0 Å². The first-order valence-corrected chi connectivity index (χ1v) is 5.61. The minimum Gasteiger partial charge on any atom is -0.407 e. The van der Waals surface area contributed by atoms with Crippen LogP contribution < -0.4 is 10.6 Å². The van der Waals surface area contributed by atoms with E-state index in [9.17, 15) is 0 Å². The van der Waals surface area contributed by atoms with Gasteiger partial charge in [0.2, 0.25) is 5.89 Å². The van der Waals surface area contributed by atoms with Gasteiger partial charge in [-0.05, 0) is 18.8 Å². The lowest BCUT2D eigenvalue weighted by Crippen LogP contribution is -2.19. The molecule has 84 valence electrons. The van der Waals surface area contributed by atoms with Gasteiger partial charge in [0, 0.05) is 13.1 Å². The van der Waals surface area contributed by atoms with Gasteiger partial charge in [-0.3, -0.25) is 0 Å². The molecule has 2 heterocycles. The van der Waals surface area contributed by atoms with Crippen LogP contribution in [0.1, 0.15) is 32.1 Å². The van der Waals surface area contributed by atoms with Crippen LogP contribution in [0.15, 0.2) is 4.42 Å². The lowest BCUT2D eigenvalue weighted by molar-refractivity contribution is 0.485. The number of nitrogens with zero attached hydrogens (tertiary/aromatic N) is 3. The second-order valence-electron chi connectivity index (χ2n) is 4.07. The summed E-state index contributed by atoms with van der Waals surface area (Å²) >= 11 is 0. The van der Waals surface area contributed by atoms with Crippen molar-refractivity contribution in [2.75, 3.05) is 18.0 Å². The molecule has 0 spiro atoms. The lowest BCUT2D eigenvalue weighted by Gasteiger charge is -2.12. The number of anilines is 1. The summed E-state index contributed by atoms with van der Waals surface area (Å²) in [5.41, 5.74) is 5.42. The summed E-state index contributed by atoms with van der Waals surface area (Å²) in [7, 11) is 0. The Kier molecular flexibility index (Phi) is 3.20. The molecule has 0 saturated carbocycles. The fourth-order valence-electron chi connectivity index (χ4n) is 2.11. The molecule has 1 fully saturated rings. The van der Waals surface area contributed by atoms with Gasteiger partial charge in [0.1, 0.15) is 0 Å². The van der Waals surface area contributed by atoms with Crippen LogP contribution in [0.25, 0.3) is 0 Å². The van der Waals surface area contributed by atoms with E-state index >= 15 is 0 Å². The first-order valence-electron chi connectivity index (χ1n) is 5.61. The van der Waals surface area contributed by atoms with E-state index in [0.717, 1.165) is 19.0 Å². The number of hydrogen-bond donors (Lipinski definition) is 1. The molecule has 0 radical (unpaired) electrons. The Morgan fingerprint density at radius 3 is 3.07 bits per heavy atom. The minimum atomic E-state index is 0.319. The van der Waals surface area contributed by atoms with Gasteiger partial charge >= 0.3 is 6.01 Å². The zero-order valence-corrected chi connectivity index (χ0v) is 9.15. The first kappa shape index (κ1) is 10.4. The molecule has 1 aromatic heterocycles. The molecule has 5 nitrogen and oxygen atoms in total. The standard InChI is InChI=1S/C10H18N4O/c1-2-3-8-4-5-14(7-8)10-13-12-9(6-11)15-10/h8H,2-7,11H2,1H3. The van der Waals surface area contributed by atoms with E-state index in [1.54, 1.807) is 0 Å². The summed E-state index contributed by atoms with van der Waals surface area (Å²) < 4.78 is 5.42. The Morgan fingerprint density at radius 2 is 2.40 bits per heavy atom. The molecule has 2 rings (SSSR count). The average Bonchev–Trinajstić information content (AvgIpc) is 2.85. The number of aromatic nitrogens is 2. The van der Waals surface area contributed by atoms with Crippen molar-refractivity contribution in [3.05, 3.63) is 5.89 Å². The maximum absolute atomic E-state index is 5.42. The third-order valence-corrected chi connectivity index (χ3v) is 2.88. The molecule has 0 bridgehead atoms. The molecular weight excluding hydrogens is 192 g/mol. The van der Waals surface area contributed by atoms with Crippen LogP contribution in [0.3, 0.4) is 0 Å². The summed E-state index contributed by atoms with van der Waals surface area (Å²) in [6.07, 6.45) is 3.76. The van der Waals surface area contributed by atoms with Crippen LogP contribution in [0.2, 0.25) is 0 Å². The van der Waals surface area contributed by atoms with Crippen LogP contribution in [0, 0.1) is 5.92 Å². The summed E-state index contributed by atoms with van der Waals surface area (Å²) in [6.45, 7) is 4.61. The van der Waals surface area contributed by atoms with E-state index in [0.29, 0.717) is 18.5 Å². The zero-order valence-electron chi connectivity index (χ0n) is 9.15. The summed E-state index contributed by atoms with van der Waals surface area (Å²) in [5, 5.41) is 7.86. The fourth-order valence-corrected chi connectivity index (χ4v) is 2.11. The molecule has 0 amide bonds. The van der Waals surface area contributed by atoms with Crippen molar-refractivity contribution in [2.45, 2.75) is 32.7 Å². The van der Waals surface area contributed by atoms with Gasteiger partial charge in [-0.25, -0.2) is 0 Å². The number of rotatable bonds is 4. The second kappa shape index (κ2) is 4.61. The number of nitrogens with two attached hydrogens (primary N) is 1. The van der Waals surface area contributed by atoms with E-state index in [-0.39, 0.29) is 0 Å². The predicted octanol–water partition coefficient (Wildman–Crippen LogP) is 1.15. The highest BCUT2D eigenvalue weighted by atomic mass is 16.4. The molecule has 1 aliphatic heterocycles. The topological polar surface area (TPSA) is 68.2 Å². The van der Waals surface area contributed by atoms with E-state index < -0.39 is 0 Å². The highest BCUT2D eigenvalue weighted by Crippen LogP contribution is 2.25. The molecule has 5 heteroatoms. The quantitative estimate of drug-likeness (QED) is 0.807. The Balaban J connectivity index is 1.95. The van der Waals surface area contributed by atoms with Gasteiger partial charge in [0.15, 0.2) is 0 Å². The van der Waals surface area contributed by atoms with E-state index in [1.165, 1.54) is 19.3 Å². The smallest absolute Gasteiger partial charge is 0.318 e. The van der Waals surface area contributed by atoms with E-state index in [1.807, 2.05) is 0 Å². The molecule has 15 heavy (non-hydrogen) atoms. The minimum absolute atomic E-state index is 0.319. The van der Waals surface area contributed by atoms with Crippen molar-refractivity contribution in [3.8, 4) is 0 Å². The van der Waals surface area contributed by atoms with Gasteiger partial charge in [0.05, 0.1) is 6.54 Å². The van der Waals surface area contributed by atoms with Gasteiger partial charge in [-0.2, -0.15) is 0 Å². The first-order chi connectivity index (χ1) is 7.33. The molecular formula is C10H18N4O. The molecule has 1 unspecified atom stereocenters. The van der Waals surface area contributed by atoms with E-state index in [4.69, 9.17) is 10.2 Å². The van der Waals surface area contributed by atoms with Crippen molar-refractivity contribution in [2.24, 2.45) is 11.7 Å². The van der Waals surface area contributed by atoms with Crippen LogP contribution in [-0.2, 0) is 6.54 Å². The zero-order chi connectivity index (χ0) is 10.7. The normalized spacial score (nSPS) is 21.2. The summed E-state index contributed by atoms with van der Waals surface area (Å²) in [5.74, 6) is 1.30. The summed E-state index contributed by atoms with van der Waals surface area (Å²) in [4.78, 5) is 2.16. The highest BCUT2D eigenvalue weighted by Gasteiger charge is 2.25. The molecule has 1 aromatic rings. The van der Waals surface area contributed by atoms with Crippen LogP contribution in [-0.4, -0.2) is 23.3 Å². The molecule has 2 N–H and O–H groups in total. The molecule has 0 aromatic carbocycles. The molecule has 1 aliphatic rings. The monoisotopic (exact) mass is 210 g/mol. The largest absolute Gasteiger partial charge is 0.407 e. The van der Waals surface area contributed by atoms with Gasteiger partial charge in [-0.15, -0.1) is 5.10 Å². The van der Waals surface area contributed by atoms with Crippen molar-refractivity contribution < 1.29 is 4.42 Å². The molecule has 0 aliphatic carbocycles. The maximum Gasteiger partial charge on any atom is 0.318 e. The third kappa shape index (κ3) is 2.28. The summed E-state index contributed by atoms with van der Waals surface area (Å²) in [6, 6.07) is 0.633. The Morgan fingerprint density at radius 1 is 1.53 bits per heavy atom. The van der Waals surface area contributed by atoms with Crippen LogP contribution in [0.4, 0.5) is 6.01 Å². The predicted molar refractivity (Wildman–Crippen MR) is 57.4 cm³/mol. The molecule has 1 atom stereocenters. The van der Waals surface area contributed by atoms with Gasteiger partial charge in [-0.1, -0.05) is 18.4 Å². The van der Waals surface area contributed by atoms with Crippen LogP contribution in [0.5, 0.6) is 0 Å². The Hall–Kier alpha value is -1.10. The average molecular weight is 210 g/mol. The van der Waals surface area contributed by atoms with E-state index in [2.05, 4.69) is 22.0 Å². The number of hydrogen-bond acceptors (Lipinski definition) is 5. The van der Waals surface area contributed by atoms with Crippen molar-refractivity contribution >= 4 is 6.01 Å². The fraction of sp³-hybridized carbons (Fsp3) is 0.800. The molecule has 1 saturated heterocycles. The maximum atomic E-state index is 5.42. The third-order valence-electron chi connectivity index (χ3n) is 2.88. The lowest BCUT2D eigenvalue weighted by atomic mass is 10.0. The van der Waals surface area contributed by atoms with Crippen LogP contribution >= 0.6 is 0 Å². The van der Waals surface area contributed by atoms with Gasteiger partial charge < -0.3 is 15.1 Å². The van der Waals surface area contributed by atoms with Crippen molar-refractivity contribution in [3.63, 3.8) is 0 Å². The highest BCUT2D eigenvalue weighted by molar-refractivity contribution is 5.26. The Bertz CT molecular complexity index is 312. The van der Waals surface area contributed by atoms with Crippen molar-refractivity contribution in [1.82, 2.24) is 10.2 Å². The second-order valence-corrected chi connectivity index (χ2v) is 4.07. The SMILES string of the molecule is CCCC1CCN(c2nnc(CN)o2)C1. The van der Waals surface area contributed by atoms with Gasteiger partial charge in [0.25, 0.3) is 0 Å².